The summed E-state index contributed by atoms with van der Waals surface area (Å²) < 4.78 is 18.7. The van der Waals surface area contributed by atoms with E-state index in [0.29, 0.717) is 37.0 Å². The summed E-state index contributed by atoms with van der Waals surface area (Å²) in [6.07, 6.45) is 0.916. The highest BCUT2D eigenvalue weighted by Gasteiger charge is 2.35. The van der Waals surface area contributed by atoms with Crippen LogP contribution in [-0.2, 0) is 9.53 Å². The fourth-order valence-electron chi connectivity index (χ4n) is 3.39. The molecule has 26 heavy (non-hydrogen) atoms. The van der Waals surface area contributed by atoms with Crippen LogP contribution in [0.25, 0.3) is 0 Å². The Morgan fingerprint density at radius 2 is 1.96 bits per heavy atom. The Hall–Kier alpha value is -1.99. The number of carbonyl (C=O) groups excluding carboxylic acids is 1. The average Bonchev–Trinajstić information content (AvgIpc) is 2.65. The van der Waals surface area contributed by atoms with Gasteiger partial charge >= 0.3 is 0 Å². The van der Waals surface area contributed by atoms with Crippen molar-refractivity contribution in [2.24, 2.45) is 0 Å². The van der Waals surface area contributed by atoms with Gasteiger partial charge in [0.15, 0.2) is 5.11 Å². The van der Waals surface area contributed by atoms with Crippen LogP contribution in [0.5, 0.6) is 0 Å². The molecule has 0 bridgehead atoms. The zero-order chi connectivity index (χ0) is 18.7. The minimum Gasteiger partial charge on any atom is -0.378 e. The number of amides is 1. The predicted molar refractivity (Wildman–Crippen MR) is 102 cm³/mol. The second-order valence-corrected chi connectivity index (χ2v) is 6.88. The molecule has 2 aliphatic rings. The monoisotopic (exact) mass is 377 g/mol. The number of thiocarbonyl (C=S) groups is 1. The quantitative estimate of drug-likeness (QED) is 0.818. The van der Waals surface area contributed by atoms with Crippen LogP contribution >= 0.6 is 12.2 Å². The molecule has 1 fully saturated rings. The number of hydrogen-bond donors (Lipinski definition) is 1. The highest BCUT2D eigenvalue weighted by molar-refractivity contribution is 7.80. The Morgan fingerprint density at radius 1 is 1.31 bits per heavy atom. The van der Waals surface area contributed by atoms with Gasteiger partial charge in [-0.3, -0.25) is 4.79 Å². The summed E-state index contributed by atoms with van der Waals surface area (Å²) in [5, 5.41) is 3.88. The number of halogens is 1. The van der Waals surface area contributed by atoms with Gasteiger partial charge in [0.2, 0.25) is 0 Å². The smallest absolute Gasteiger partial charge is 0.254 e. The van der Waals surface area contributed by atoms with Crippen molar-refractivity contribution in [3.05, 3.63) is 46.9 Å². The number of ether oxygens (including phenoxy) is 1. The predicted octanol–water partition coefficient (Wildman–Crippen LogP) is 2.60. The molecule has 0 unspecified atom stereocenters. The number of rotatable bonds is 4. The molecule has 1 aromatic carbocycles. The highest BCUT2D eigenvalue weighted by atomic mass is 32.1. The normalized spacial score (nSPS) is 21.0. The lowest BCUT2D eigenvalue weighted by Gasteiger charge is -2.39. The Balaban J connectivity index is 2.02. The van der Waals surface area contributed by atoms with Crippen LogP contribution in [0.15, 0.2) is 35.5 Å². The highest BCUT2D eigenvalue weighted by Crippen LogP contribution is 2.32. The van der Waals surface area contributed by atoms with Crippen molar-refractivity contribution in [1.82, 2.24) is 15.1 Å². The first-order chi connectivity index (χ1) is 12.5. The van der Waals surface area contributed by atoms with Crippen LogP contribution in [-0.4, -0.2) is 53.7 Å². The molecule has 2 aliphatic heterocycles. The molecule has 0 spiro atoms. The van der Waals surface area contributed by atoms with Crippen molar-refractivity contribution in [1.29, 1.82) is 0 Å². The van der Waals surface area contributed by atoms with Crippen molar-refractivity contribution >= 4 is 23.2 Å². The number of benzene rings is 1. The van der Waals surface area contributed by atoms with Gasteiger partial charge in [-0.1, -0.05) is 19.1 Å². The van der Waals surface area contributed by atoms with Crippen molar-refractivity contribution in [2.75, 3.05) is 32.8 Å². The van der Waals surface area contributed by atoms with Crippen LogP contribution in [0.1, 0.15) is 31.9 Å². The zero-order valence-corrected chi connectivity index (χ0v) is 15.9. The number of morpholine rings is 1. The van der Waals surface area contributed by atoms with Crippen LogP contribution in [0.2, 0.25) is 0 Å². The molecular formula is C19H24FN3O2S. The van der Waals surface area contributed by atoms with E-state index in [2.05, 4.69) is 12.2 Å². The average molecular weight is 377 g/mol. The molecule has 1 amide bonds. The van der Waals surface area contributed by atoms with Crippen LogP contribution in [0.3, 0.4) is 0 Å². The van der Waals surface area contributed by atoms with E-state index in [1.165, 1.54) is 12.1 Å². The minimum absolute atomic E-state index is 0.0174. The molecule has 0 aromatic heterocycles. The lowest BCUT2D eigenvalue weighted by molar-refractivity contribution is -0.131. The third kappa shape index (κ3) is 3.73. The van der Waals surface area contributed by atoms with Crippen molar-refractivity contribution in [3.63, 3.8) is 0 Å². The molecule has 140 valence electrons. The fourth-order valence-corrected chi connectivity index (χ4v) is 3.74. The summed E-state index contributed by atoms with van der Waals surface area (Å²) in [7, 11) is 0. The van der Waals surface area contributed by atoms with Gasteiger partial charge in [0.05, 0.1) is 24.8 Å². The summed E-state index contributed by atoms with van der Waals surface area (Å²) in [6, 6.07) is 5.83. The molecule has 3 rings (SSSR count). The second-order valence-electron chi connectivity index (χ2n) is 6.49. The van der Waals surface area contributed by atoms with Crippen molar-refractivity contribution in [3.8, 4) is 0 Å². The van der Waals surface area contributed by atoms with Gasteiger partial charge in [0.25, 0.3) is 5.91 Å². The molecule has 1 N–H and O–H groups in total. The number of allylic oxidation sites excluding steroid dienone is 1. The molecule has 5 nitrogen and oxygen atoms in total. The third-order valence-corrected chi connectivity index (χ3v) is 5.11. The molecule has 2 heterocycles. The van der Waals surface area contributed by atoms with Crippen LogP contribution in [0, 0.1) is 5.82 Å². The fraction of sp³-hybridized carbons (Fsp3) is 0.474. The largest absolute Gasteiger partial charge is 0.378 e. The Kier molecular flexibility index (Phi) is 5.88. The van der Waals surface area contributed by atoms with E-state index in [4.69, 9.17) is 17.0 Å². The van der Waals surface area contributed by atoms with Gasteiger partial charge < -0.3 is 19.9 Å². The van der Waals surface area contributed by atoms with Gasteiger partial charge in [-0.15, -0.1) is 0 Å². The molecule has 1 saturated heterocycles. The van der Waals surface area contributed by atoms with Gasteiger partial charge in [-0.25, -0.2) is 4.39 Å². The Morgan fingerprint density at radius 3 is 2.58 bits per heavy atom. The molecular weight excluding hydrogens is 353 g/mol. The first-order valence-corrected chi connectivity index (χ1v) is 9.35. The number of nitrogens with one attached hydrogen (secondary N) is 1. The number of nitrogens with zero attached hydrogens (tertiary/aromatic N) is 2. The van der Waals surface area contributed by atoms with Crippen LogP contribution in [0.4, 0.5) is 4.39 Å². The molecule has 1 aromatic rings. The van der Waals surface area contributed by atoms with Gasteiger partial charge in [0, 0.05) is 25.3 Å². The standard InChI is InChI=1S/C19H24FN3O2S/c1-3-8-23-13(2)16(18(24)22-9-11-25-12-10-22)17(21-19(23)26)14-4-6-15(20)7-5-14/h4-7,17H,3,8-12H2,1-2H3,(H,21,26)/t17-/m0/s1. The van der Waals surface area contributed by atoms with Crippen molar-refractivity contribution in [2.45, 2.75) is 26.3 Å². The first-order valence-electron chi connectivity index (χ1n) is 8.94. The van der Waals surface area contributed by atoms with E-state index in [9.17, 15) is 9.18 Å². The van der Waals surface area contributed by atoms with E-state index >= 15 is 0 Å². The van der Waals surface area contributed by atoms with E-state index < -0.39 is 0 Å². The number of carbonyl (C=O) groups is 1. The number of hydrogen-bond acceptors (Lipinski definition) is 3. The van der Waals surface area contributed by atoms with Crippen molar-refractivity contribution < 1.29 is 13.9 Å². The maximum Gasteiger partial charge on any atom is 0.254 e. The maximum atomic E-state index is 13.4. The van der Waals surface area contributed by atoms with E-state index in [1.54, 1.807) is 12.1 Å². The van der Waals surface area contributed by atoms with E-state index in [-0.39, 0.29) is 17.8 Å². The summed E-state index contributed by atoms with van der Waals surface area (Å²) in [5.74, 6) is -0.322. The summed E-state index contributed by atoms with van der Waals surface area (Å²) in [6.45, 7) is 6.99. The second kappa shape index (κ2) is 8.14. The van der Waals surface area contributed by atoms with E-state index in [0.717, 1.165) is 24.2 Å². The Bertz CT molecular complexity index is 714. The SMILES string of the molecule is CCCN1C(=S)N[C@@H](c2ccc(F)cc2)C(C(=O)N2CCOCC2)=C1C. The molecule has 0 radical (unpaired) electrons. The summed E-state index contributed by atoms with van der Waals surface area (Å²) in [4.78, 5) is 17.1. The van der Waals surface area contributed by atoms with Gasteiger partial charge in [0.1, 0.15) is 5.82 Å². The lowest BCUT2D eigenvalue weighted by atomic mass is 9.93. The minimum atomic E-state index is -0.383. The maximum absolute atomic E-state index is 13.4. The first kappa shape index (κ1) is 18.8. The molecule has 1 atom stereocenters. The molecule has 0 saturated carbocycles. The zero-order valence-electron chi connectivity index (χ0n) is 15.1. The topological polar surface area (TPSA) is 44.8 Å². The molecule has 7 heteroatoms. The summed E-state index contributed by atoms with van der Waals surface area (Å²) >= 11 is 5.53. The van der Waals surface area contributed by atoms with Crippen LogP contribution < -0.4 is 5.32 Å². The lowest BCUT2D eigenvalue weighted by Crippen LogP contribution is -2.51. The van der Waals surface area contributed by atoms with Gasteiger partial charge in [-0.2, -0.15) is 0 Å². The summed E-state index contributed by atoms with van der Waals surface area (Å²) in [5.41, 5.74) is 2.35. The third-order valence-electron chi connectivity index (χ3n) is 4.78. The van der Waals surface area contributed by atoms with Gasteiger partial charge in [-0.05, 0) is 43.3 Å². The Labute approximate surface area is 158 Å². The molecule has 0 aliphatic carbocycles. The van der Waals surface area contributed by atoms with E-state index in [1.807, 2.05) is 16.7 Å².